The molecule has 2 aliphatic carbocycles. The first-order chi connectivity index (χ1) is 10.5. The second-order valence-electron chi connectivity index (χ2n) is 5.52. The first-order valence-electron chi connectivity index (χ1n) is 6.92. The number of carbonyl (C=O) groups is 4. The van der Waals surface area contributed by atoms with E-state index in [0.717, 1.165) is 11.1 Å². The van der Waals surface area contributed by atoms with Gasteiger partial charge in [-0.25, -0.2) is 14.4 Å². The number of rotatable bonds is 1. The third kappa shape index (κ3) is 1.73. The first kappa shape index (κ1) is 12.9. The van der Waals surface area contributed by atoms with Gasteiger partial charge in [-0.05, 0) is 36.5 Å². The van der Waals surface area contributed by atoms with Crippen molar-refractivity contribution in [3.8, 4) is 0 Å². The summed E-state index contributed by atoms with van der Waals surface area (Å²) in [5.74, 6) is -2.88. The third-order valence-corrected chi connectivity index (χ3v) is 4.33. The van der Waals surface area contributed by atoms with Crippen LogP contribution in [0.1, 0.15) is 19.3 Å². The van der Waals surface area contributed by atoms with Crippen LogP contribution < -0.4 is 0 Å². The lowest BCUT2D eigenvalue weighted by molar-refractivity contribution is -0.153. The Morgan fingerprint density at radius 1 is 0.864 bits per heavy atom. The van der Waals surface area contributed by atoms with Crippen molar-refractivity contribution in [2.45, 2.75) is 19.3 Å². The lowest BCUT2D eigenvalue weighted by Crippen LogP contribution is -2.14. The highest BCUT2D eigenvalue weighted by molar-refractivity contribution is 6.14. The Balaban J connectivity index is 1.69. The van der Waals surface area contributed by atoms with Gasteiger partial charge in [0.1, 0.15) is 0 Å². The van der Waals surface area contributed by atoms with Crippen molar-refractivity contribution in [2.75, 3.05) is 0 Å². The van der Waals surface area contributed by atoms with Crippen LogP contribution >= 0.6 is 0 Å². The number of esters is 4. The van der Waals surface area contributed by atoms with Crippen molar-refractivity contribution in [3.63, 3.8) is 0 Å². The molecule has 4 rings (SSSR count). The van der Waals surface area contributed by atoms with Crippen molar-refractivity contribution in [3.05, 3.63) is 46.1 Å². The van der Waals surface area contributed by atoms with E-state index in [-0.39, 0.29) is 0 Å². The summed E-state index contributed by atoms with van der Waals surface area (Å²) in [5, 5.41) is 0. The highest BCUT2D eigenvalue weighted by atomic mass is 16.6. The number of allylic oxidation sites excluding steroid dienone is 4. The van der Waals surface area contributed by atoms with E-state index in [1.165, 1.54) is 0 Å². The number of ether oxygens (including phenoxy) is 2. The molecule has 0 amide bonds. The summed E-state index contributed by atoms with van der Waals surface area (Å²) in [6.45, 7) is 0. The van der Waals surface area contributed by atoms with E-state index in [4.69, 9.17) is 0 Å². The Labute approximate surface area is 124 Å². The first-order valence-corrected chi connectivity index (χ1v) is 6.92. The zero-order valence-corrected chi connectivity index (χ0v) is 11.4. The molecule has 6 nitrogen and oxygen atoms in total. The molecular weight excluding hydrogens is 288 g/mol. The lowest BCUT2D eigenvalue weighted by atomic mass is 9.81. The molecule has 2 aliphatic heterocycles. The van der Waals surface area contributed by atoms with Gasteiger partial charge in [0, 0.05) is 0 Å². The number of hydrogen-bond donors (Lipinski definition) is 0. The minimum absolute atomic E-state index is 0.298. The summed E-state index contributed by atoms with van der Waals surface area (Å²) in [5.41, 5.74) is 2.84. The van der Waals surface area contributed by atoms with E-state index in [9.17, 15) is 19.2 Å². The molecule has 0 saturated carbocycles. The van der Waals surface area contributed by atoms with Crippen LogP contribution in [0.3, 0.4) is 0 Å². The van der Waals surface area contributed by atoms with Crippen LogP contribution in [0.5, 0.6) is 0 Å². The average molecular weight is 298 g/mol. The molecule has 22 heavy (non-hydrogen) atoms. The van der Waals surface area contributed by atoms with E-state index in [0.29, 0.717) is 36.0 Å². The molecular formula is C16H10O6. The third-order valence-electron chi connectivity index (χ3n) is 4.33. The number of fused-ring (bicyclic) bond motifs is 1. The minimum Gasteiger partial charge on any atom is -0.389 e. The van der Waals surface area contributed by atoms with Gasteiger partial charge in [0.15, 0.2) is 0 Å². The standard InChI is InChI=1S/C16H10O6/c17-13-9-3-1-7(5-11(9)15(19)21-13)8-2-4-10-12(6-8)16(20)22-14(10)18/h1,3,6,11H,2,4-5H2. The second-order valence-corrected chi connectivity index (χ2v) is 5.52. The molecule has 0 aromatic rings. The molecule has 0 aromatic heterocycles. The summed E-state index contributed by atoms with van der Waals surface area (Å²) >= 11 is 0. The molecule has 6 heteroatoms. The molecule has 0 radical (unpaired) electrons. The van der Waals surface area contributed by atoms with Crippen LogP contribution in [-0.2, 0) is 28.7 Å². The maximum atomic E-state index is 11.7. The van der Waals surface area contributed by atoms with Gasteiger partial charge in [0.05, 0.1) is 22.6 Å². The molecule has 1 saturated heterocycles. The van der Waals surface area contributed by atoms with Gasteiger partial charge in [0.2, 0.25) is 0 Å². The fourth-order valence-corrected chi connectivity index (χ4v) is 3.16. The van der Waals surface area contributed by atoms with Gasteiger partial charge in [-0.1, -0.05) is 12.2 Å². The molecule has 0 bridgehead atoms. The van der Waals surface area contributed by atoms with Crippen LogP contribution in [0.15, 0.2) is 46.1 Å². The molecule has 0 spiro atoms. The maximum absolute atomic E-state index is 11.7. The normalized spacial score (nSPS) is 26.9. The van der Waals surface area contributed by atoms with Gasteiger partial charge in [-0.15, -0.1) is 0 Å². The van der Waals surface area contributed by atoms with E-state index in [1.54, 1.807) is 18.2 Å². The predicted octanol–water partition coefficient (Wildman–Crippen LogP) is 1.04. The monoisotopic (exact) mass is 298 g/mol. The Kier molecular flexibility index (Phi) is 2.57. The van der Waals surface area contributed by atoms with Crippen molar-refractivity contribution >= 4 is 23.9 Å². The summed E-state index contributed by atoms with van der Waals surface area (Å²) in [6, 6.07) is 0. The Morgan fingerprint density at radius 2 is 1.68 bits per heavy atom. The quantitative estimate of drug-likeness (QED) is 0.531. The highest BCUT2D eigenvalue weighted by Crippen LogP contribution is 2.39. The van der Waals surface area contributed by atoms with Crippen molar-refractivity contribution in [1.29, 1.82) is 0 Å². The van der Waals surface area contributed by atoms with Crippen LogP contribution in [0, 0.1) is 5.92 Å². The van der Waals surface area contributed by atoms with Crippen LogP contribution in [0.25, 0.3) is 0 Å². The van der Waals surface area contributed by atoms with Gasteiger partial charge in [-0.3, -0.25) is 4.79 Å². The number of cyclic esters (lactones) is 4. The van der Waals surface area contributed by atoms with Crippen LogP contribution in [0.2, 0.25) is 0 Å². The van der Waals surface area contributed by atoms with Gasteiger partial charge in [0.25, 0.3) is 0 Å². The van der Waals surface area contributed by atoms with Crippen molar-refractivity contribution in [1.82, 2.24) is 0 Å². The van der Waals surface area contributed by atoms with Crippen LogP contribution in [0.4, 0.5) is 0 Å². The summed E-state index contributed by atoms with van der Waals surface area (Å²) in [7, 11) is 0. The predicted molar refractivity (Wildman–Crippen MR) is 70.8 cm³/mol. The molecule has 0 N–H and O–H groups in total. The summed E-state index contributed by atoms with van der Waals surface area (Å²) in [4.78, 5) is 46.2. The van der Waals surface area contributed by atoms with E-state index < -0.39 is 29.8 Å². The summed E-state index contributed by atoms with van der Waals surface area (Å²) in [6.07, 6.45) is 6.41. The Bertz CT molecular complexity index is 789. The fourth-order valence-electron chi connectivity index (χ4n) is 3.16. The molecule has 110 valence electrons. The molecule has 1 unspecified atom stereocenters. The van der Waals surface area contributed by atoms with Crippen molar-refractivity contribution in [2.24, 2.45) is 5.92 Å². The lowest BCUT2D eigenvalue weighted by Gasteiger charge is -2.20. The Hall–Kier alpha value is -2.76. The SMILES string of the molecule is O=C1OC(=O)C2CC(C3=CC4=C(CC3)C(=O)OC4=O)=CC=C12. The van der Waals surface area contributed by atoms with E-state index in [2.05, 4.69) is 9.47 Å². The topological polar surface area (TPSA) is 86.7 Å². The minimum atomic E-state index is -0.625. The number of hydrogen-bond acceptors (Lipinski definition) is 6. The maximum Gasteiger partial charge on any atom is 0.346 e. The zero-order chi connectivity index (χ0) is 15.4. The smallest absolute Gasteiger partial charge is 0.346 e. The van der Waals surface area contributed by atoms with Gasteiger partial charge >= 0.3 is 23.9 Å². The van der Waals surface area contributed by atoms with E-state index in [1.807, 2.05) is 0 Å². The zero-order valence-electron chi connectivity index (χ0n) is 11.4. The molecule has 1 fully saturated rings. The molecule has 2 heterocycles. The highest BCUT2D eigenvalue weighted by Gasteiger charge is 2.41. The van der Waals surface area contributed by atoms with E-state index >= 15 is 0 Å². The summed E-state index contributed by atoms with van der Waals surface area (Å²) < 4.78 is 9.22. The average Bonchev–Trinajstić information content (AvgIpc) is 2.96. The molecule has 4 aliphatic rings. The van der Waals surface area contributed by atoms with Gasteiger partial charge in [-0.2, -0.15) is 0 Å². The second kappa shape index (κ2) is 4.37. The van der Waals surface area contributed by atoms with Gasteiger partial charge < -0.3 is 9.47 Å². The molecule has 0 aromatic carbocycles. The molecule has 1 atom stereocenters. The number of carbonyl (C=O) groups excluding carboxylic acids is 4. The Morgan fingerprint density at radius 3 is 2.50 bits per heavy atom. The van der Waals surface area contributed by atoms with Crippen LogP contribution in [-0.4, -0.2) is 23.9 Å². The van der Waals surface area contributed by atoms with Crippen molar-refractivity contribution < 1.29 is 28.7 Å². The fraction of sp³-hybridized carbons (Fsp3) is 0.250. The largest absolute Gasteiger partial charge is 0.389 e.